The molecule has 0 aromatic heterocycles. The van der Waals surface area contributed by atoms with Crippen LogP contribution in [0.5, 0.6) is 5.75 Å². The van der Waals surface area contributed by atoms with Gasteiger partial charge in [-0.15, -0.1) is 0 Å². The molecule has 3 aromatic rings. The highest BCUT2D eigenvalue weighted by Gasteiger charge is 2.35. The second-order valence-electron chi connectivity index (χ2n) is 10.7. The Morgan fingerprint density at radius 1 is 0.976 bits per heavy atom. The lowest BCUT2D eigenvalue weighted by atomic mass is 10.1. The topological polar surface area (TPSA) is 96.0 Å². The van der Waals surface area contributed by atoms with Gasteiger partial charge in [0.2, 0.25) is 11.8 Å². The molecule has 0 fully saturated rings. The lowest BCUT2D eigenvalue weighted by Gasteiger charge is -2.35. The van der Waals surface area contributed by atoms with Gasteiger partial charge in [0.15, 0.2) is 0 Å². The SMILES string of the molecule is CCOc1ccc(S(=O)(=O)N(CC(=O)N(Cc2ccccc2Cl)C(CC)C(=O)NC(C)(C)C)c2ccc(F)cc2)cc1. The number of anilines is 1. The summed E-state index contributed by atoms with van der Waals surface area (Å²) >= 11 is 6.42. The Kier molecular flexibility index (Phi) is 11.0. The molecular weight excluding hydrogens is 581 g/mol. The highest BCUT2D eigenvalue weighted by Crippen LogP contribution is 2.27. The lowest BCUT2D eigenvalue weighted by Crippen LogP contribution is -2.55. The van der Waals surface area contributed by atoms with Gasteiger partial charge in [0.1, 0.15) is 24.2 Å². The Hall–Kier alpha value is -3.63. The molecule has 3 aromatic carbocycles. The summed E-state index contributed by atoms with van der Waals surface area (Å²) in [7, 11) is -4.31. The molecule has 0 saturated carbocycles. The van der Waals surface area contributed by atoms with E-state index in [-0.39, 0.29) is 29.5 Å². The van der Waals surface area contributed by atoms with Crippen molar-refractivity contribution in [2.75, 3.05) is 17.5 Å². The van der Waals surface area contributed by atoms with Gasteiger partial charge in [-0.2, -0.15) is 0 Å². The number of hydrogen-bond donors (Lipinski definition) is 1. The van der Waals surface area contributed by atoms with Crippen molar-refractivity contribution in [1.82, 2.24) is 10.2 Å². The molecule has 1 unspecified atom stereocenters. The minimum absolute atomic E-state index is 0.0328. The lowest BCUT2D eigenvalue weighted by molar-refractivity contribution is -0.141. The maximum atomic E-state index is 14.1. The van der Waals surface area contributed by atoms with E-state index in [0.29, 0.717) is 22.9 Å². The van der Waals surface area contributed by atoms with Gasteiger partial charge in [0.05, 0.1) is 17.2 Å². The van der Waals surface area contributed by atoms with Gasteiger partial charge in [0.25, 0.3) is 10.0 Å². The number of carbonyl (C=O) groups is 2. The highest BCUT2D eigenvalue weighted by atomic mass is 35.5. The number of carbonyl (C=O) groups excluding carboxylic acids is 2. The molecule has 0 heterocycles. The average molecular weight is 618 g/mol. The first-order valence-corrected chi connectivity index (χ1v) is 15.4. The van der Waals surface area contributed by atoms with Crippen molar-refractivity contribution in [2.24, 2.45) is 0 Å². The Bertz CT molecular complexity index is 1480. The molecule has 0 aliphatic carbocycles. The fourth-order valence-electron chi connectivity index (χ4n) is 4.32. The molecular formula is C31H37ClFN3O5S. The predicted octanol–water partition coefficient (Wildman–Crippen LogP) is 5.80. The van der Waals surface area contributed by atoms with Gasteiger partial charge >= 0.3 is 0 Å². The van der Waals surface area contributed by atoms with Crippen molar-refractivity contribution in [2.45, 2.75) is 64.1 Å². The van der Waals surface area contributed by atoms with Crippen molar-refractivity contribution in [3.63, 3.8) is 0 Å². The van der Waals surface area contributed by atoms with Crippen LogP contribution in [0.4, 0.5) is 10.1 Å². The monoisotopic (exact) mass is 617 g/mol. The van der Waals surface area contributed by atoms with Gasteiger partial charge in [-0.25, -0.2) is 12.8 Å². The molecule has 1 N–H and O–H groups in total. The summed E-state index contributed by atoms with van der Waals surface area (Å²) in [5.41, 5.74) is 0.113. The minimum atomic E-state index is -4.31. The number of amides is 2. The first-order chi connectivity index (χ1) is 19.8. The molecule has 1 atom stereocenters. The number of halogens is 2. The van der Waals surface area contributed by atoms with Gasteiger partial charge in [-0.3, -0.25) is 13.9 Å². The molecule has 0 aliphatic heterocycles. The van der Waals surface area contributed by atoms with E-state index in [2.05, 4.69) is 5.32 Å². The number of nitrogens with zero attached hydrogens (tertiary/aromatic N) is 2. The van der Waals surface area contributed by atoms with E-state index in [4.69, 9.17) is 16.3 Å². The zero-order valence-electron chi connectivity index (χ0n) is 24.4. The third-order valence-corrected chi connectivity index (χ3v) is 8.46. The molecule has 0 radical (unpaired) electrons. The van der Waals surface area contributed by atoms with Crippen LogP contribution in [0, 0.1) is 5.82 Å². The fourth-order valence-corrected chi connectivity index (χ4v) is 5.93. The molecule has 42 heavy (non-hydrogen) atoms. The van der Waals surface area contributed by atoms with E-state index >= 15 is 0 Å². The maximum Gasteiger partial charge on any atom is 0.264 e. The van der Waals surface area contributed by atoms with E-state index in [0.717, 1.165) is 16.4 Å². The van der Waals surface area contributed by atoms with Gasteiger partial charge < -0.3 is 15.0 Å². The highest BCUT2D eigenvalue weighted by molar-refractivity contribution is 7.92. The minimum Gasteiger partial charge on any atom is -0.494 e. The Balaban J connectivity index is 2.07. The van der Waals surface area contributed by atoms with Crippen LogP contribution >= 0.6 is 11.6 Å². The number of sulfonamides is 1. The summed E-state index contributed by atoms with van der Waals surface area (Å²) in [5, 5.41) is 3.32. The van der Waals surface area contributed by atoms with Crippen molar-refractivity contribution < 1.29 is 27.1 Å². The van der Waals surface area contributed by atoms with Crippen LogP contribution in [0.2, 0.25) is 5.02 Å². The molecule has 0 bridgehead atoms. The summed E-state index contributed by atoms with van der Waals surface area (Å²) in [6.45, 7) is 8.80. The number of ether oxygens (including phenoxy) is 1. The maximum absolute atomic E-state index is 14.1. The molecule has 0 saturated heterocycles. The largest absolute Gasteiger partial charge is 0.494 e. The van der Waals surface area contributed by atoms with Crippen LogP contribution in [-0.4, -0.2) is 49.9 Å². The van der Waals surface area contributed by atoms with Gasteiger partial charge in [-0.05, 0) is 94.3 Å². The second-order valence-corrected chi connectivity index (χ2v) is 12.9. The first kappa shape index (κ1) is 32.9. The van der Waals surface area contributed by atoms with E-state index in [1.807, 2.05) is 27.7 Å². The summed E-state index contributed by atoms with van der Waals surface area (Å²) < 4.78 is 48.0. The number of benzene rings is 3. The number of hydrogen-bond acceptors (Lipinski definition) is 5. The van der Waals surface area contributed by atoms with Crippen LogP contribution in [0.25, 0.3) is 0 Å². The molecule has 11 heteroatoms. The van der Waals surface area contributed by atoms with Crippen LogP contribution < -0.4 is 14.4 Å². The molecule has 226 valence electrons. The first-order valence-electron chi connectivity index (χ1n) is 13.6. The van der Waals surface area contributed by atoms with E-state index < -0.39 is 39.9 Å². The molecule has 8 nitrogen and oxygen atoms in total. The molecule has 0 aliphatic rings. The summed E-state index contributed by atoms with van der Waals surface area (Å²) in [5.74, 6) is -1.09. The zero-order valence-corrected chi connectivity index (χ0v) is 26.0. The van der Waals surface area contributed by atoms with E-state index in [1.165, 1.54) is 41.3 Å². The number of rotatable bonds is 12. The summed E-state index contributed by atoms with van der Waals surface area (Å²) in [6.07, 6.45) is 0.264. The summed E-state index contributed by atoms with van der Waals surface area (Å²) in [4.78, 5) is 28.7. The fraction of sp³-hybridized carbons (Fsp3) is 0.355. The standard InChI is InChI=1S/C31H37ClFN3O5S/c1-6-28(30(38)34-31(3,4)5)35(20-22-10-8-9-11-27(22)32)29(37)21-36(24-14-12-23(33)13-15-24)42(39,40)26-18-16-25(17-19-26)41-7-2/h8-19,28H,6-7,20-21H2,1-5H3,(H,34,38). The van der Waals surface area contributed by atoms with Crippen LogP contribution in [0.1, 0.15) is 46.6 Å². The molecule has 3 rings (SSSR count). The van der Waals surface area contributed by atoms with Crippen molar-refractivity contribution in [3.8, 4) is 5.75 Å². The smallest absolute Gasteiger partial charge is 0.264 e. The van der Waals surface area contributed by atoms with Gasteiger partial charge in [-0.1, -0.05) is 36.7 Å². The normalized spacial score (nSPS) is 12.4. The van der Waals surface area contributed by atoms with Crippen molar-refractivity contribution >= 4 is 39.1 Å². The summed E-state index contributed by atoms with van der Waals surface area (Å²) in [6, 6.07) is 16.6. The van der Waals surface area contributed by atoms with Gasteiger partial charge in [0, 0.05) is 17.1 Å². The molecule has 0 spiro atoms. The second kappa shape index (κ2) is 14.0. The zero-order chi connectivity index (χ0) is 31.1. The van der Waals surface area contributed by atoms with Crippen LogP contribution in [0.3, 0.4) is 0 Å². The molecule has 2 amide bonds. The van der Waals surface area contributed by atoms with Crippen molar-refractivity contribution in [3.05, 3.63) is 89.2 Å². The Morgan fingerprint density at radius 2 is 1.60 bits per heavy atom. The predicted molar refractivity (Wildman–Crippen MR) is 163 cm³/mol. The quantitative estimate of drug-likeness (QED) is 0.277. The van der Waals surface area contributed by atoms with Crippen LogP contribution in [-0.2, 0) is 26.2 Å². The Labute approximate surface area is 252 Å². The van der Waals surface area contributed by atoms with E-state index in [9.17, 15) is 22.4 Å². The Morgan fingerprint density at radius 3 is 2.14 bits per heavy atom. The third kappa shape index (κ3) is 8.45. The van der Waals surface area contributed by atoms with E-state index in [1.54, 1.807) is 31.2 Å². The average Bonchev–Trinajstić information content (AvgIpc) is 2.92. The van der Waals surface area contributed by atoms with Crippen molar-refractivity contribution in [1.29, 1.82) is 0 Å². The number of nitrogens with one attached hydrogen (secondary N) is 1. The third-order valence-electron chi connectivity index (χ3n) is 6.30. The van der Waals surface area contributed by atoms with Crippen LogP contribution in [0.15, 0.2) is 77.7 Å².